The van der Waals surface area contributed by atoms with E-state index in [4.69, 9.17) is 27.9 Å². The quantitative estimate of drug-likeness (QED) is 0.216. The fourth-order valence-electron chi connectivity index (χ4n) is 4.32. The van der Waals surface area contributed by atoms with Gasteiger partial charge in [0.1, 0.15) is 17.9 Å². The van der Waals surface area contributed by atoms with Gasteiger partial charge in [-0.15, -0.1) is 0 Å². The van der Waals surface area contributed by atoms with Crippen LogP contribution < -0.4 is 15.0 Å². The third-order valence-electron chi connectivity index (χ3n) is 6.43. The zero-order chi connectivity index (χ0) is 27.0. The number of carbonyl (C=O) groups is 3. The van der Waals surface area contributed by atoms with Gasteiger partial charge in [-0.3, -0.25) is 14.9 Å². The highest BCUT2D eigenvalue weighted by Gasteiger charge is 2.37. The van der Waals surface area contributed by atoms with E-state index in [2.05, 4.69) is 11.4 Å². The smallest absolute Gasteiger partial charge is 0.335 e. The average molecular weight is 545 g/mol. The van der Waals surface area contributed by atoms with E-state index < -0.39 is 17.8 Å². The molecular formula is C30H22Cl2N2O4. The summed E-state index contributed by atoms with van der Waals surface area (Å²) >= 11 is 12.5. The van der Waals surface area contributed by atoms with Gasteiger partial charge in [0.25, 0.3) is 11.8 Å². The van der Waals surface area contributed by atoms with Gasteiger partial charge in [0.05, 0.1) is 5.69 Å². The number of rotatable bonds is 5. The lowest BCUT2D eigenvalue weighted by atomic mass is 10.0. The molecule has 0 bridgehead atoms. The van der Waals surface area contributed by atoms with Crippen molar-refractivity contribution in [1.29, 1.82) is 0 Å². The predicted molar refractivity (Wildman–Crippen MR) is 150 cm³/mol. The van der Waals surface area contributed by atoms with Crippen molar-refractivity contribution >= 4 is 63.6 Å². The summed E-state index contributed by atoms with van der Waals surface area (Å²) in [5, 5.41) is 5.18. The molecular weight excluding hydrogens is 523 g/mol. The Kier molecular flexibility index (Phi) is 6.93. The van der Waals surface area contributed by atoms with Gasteiger partial charge < -0.3 is 4.74 Å². The monoisotopic (exact) mass is 544 g/mol. The van der Waals surface area contributed by atoms with Crippen LogP contribution in [0.15, 0.2) is 78.4 Å². The first-order chi connectivity index (χ1) is 18.2. The second kappa shape index (κ2) is 10.3. The first-order valence-corrected chi connectivity index (χ1v) is 12.6. The Morgan fingerprint density at radius 2 is 1.66 bits per heavy atom. The van der Waals surface area contributed by atoms with Crippen LogP contribution in [0.2, 0.25) is 10.0 Å². The number of barbiturate groups is 1. The van der Waals surface area contributed by atoms with Crippen LogP contribution in [-0.4, -0.2) is 17.8 Å². The number of fused-ring (bicyclic) bond motifs is 1. The summed E-state index contributed by atoms with van der Waals surface area (Å²) in [6.45, 7) is 4.08. The number of halogens is 2. The number of nitrogens with zero attached hydrogens (tertiary/aromatic N) is 1. The second-order valence-electron chi connectivity index (χ2n) is 8.94. The van der Waals surface area contributed by atoms with Crippen LogP contribution >= 0.6 is 23.2 Å². The lowest BCUT2D eigenvalue weighted by molar-refractivity contribution is -0.122. The fraction of sp³-hybridized carbons (Fsp3) is 0.100. The van der Waals surface area contributed by atoms with Gasteiger partial charge in [-0.2, -0.15) is 0 Å². The Bertz CT molecular complexity index is 1660. The average Bonchev–Trinajstić information content (AvgIpc) is 2.89. The number of hydrogen-bond donors (Lipinski definition) is 1. The number of urea groups is 1. The second-order valence-corrected chi connectivity index (χ2v) is 9.79. The molecule has 1 aliphatic rings. The van der Waals surface area contributed by atoms with Gasteiger partial charge in [-0.25, -0.2) is 9.69 Å². The first-order valence-electron chi connectivity index (χ1n) is 11.8. The standard InChI is InChI=1S/C30H22Cl2N2O4/c1-17-7-9-19-5-3-4-6-23(19)25(17)16-38-27-12-10-21(31)13-20(27)14-24-28(35)33-30(37)34(29(24)36)22-11-8-18(2)26(32)15-22/h3-15H,16H2,1-2H3,(H,33,35,37)/b24-14+. The SMILES string of the molecule is Cc1ccc(N2C(=O)NC(=O)/C(=C\c3cc(Cl)ccc3OCc3c(C)ccc4ccccc34)C2=O)cc1Cl. The number of imide groups is 2. The summed E-state index contributed by atoms with van der Waals surface area (Å²) in [6.07, 6.45) is 1.38. The molecule has 190 valence electrons. The van der Waals surface area contributed by atoms with Crippen molar-refractivity contribution in [3.05, 3.63) is 111 Å². The van der Waals surface area contributed by atoms with Crippen molar-refractivity contribution in [1.82, 2.24) is 5.32 Å². The Hall–Kier alpha value is -4.13. The lowest BCUT2D eigenvalue weighted by Crippen LogP contribution is -2.54. The summed E-state index contributed by atoms with van der Waals surface area (Å²) in [5.74, 6) is -1.17. The van der Waals surface area contributed by atoms with Crippen molar-refractivity contribution in [2.24, 2.45) is 0 Å². The minimum Gasteiger partial charge on any atom is -0.488 e. The highest BCUT2D eigenvalue weighted by molar-refractivity contribution is 6.39. The molecule has 38 heavy (non-hydrogen) atoms. The highest BCUT2D eigenvalue weighted by atomic mass is 35.5. The molecule has 0 spiro atoms. The summed E-state index contributed by atoms with van der Waals surface area (Å²) < 4.78 is 6.20. The van der Waals surface area contributed by atoms with Gasteiger partial charge in [-0.05, 0) is 72.2 Å². The number of aryl methyl sites for hydroxylation is 2. The number of nitrogens with one attached hydrogen (secondary N) is 1. The van der Waals surface area contributed by atoms with Gasteiger partial charge in [0.15, 0.2) is 0 Å². The van der Waals surface area contributed by atoms with E-state index >= 15 is 0 Å². The molecule has 0 saturated carbocycles. The van der Waals surface area contributed by atoms with E-state index in [9.17, 15) is 14.4 Å². The molecule has 6 nitrogen and oxygen atoms in total. The van der Waals surface area contributed by atoms with Crippen molar-refractivity contribution in [2.75, 3.05) is 4.90 Å². The molecule has 1 heterocycles. The maximum Gasteiger partial charge on any atom is 0.335 e. The summed E-state index contributed by atoms with van der Waals surface area (Å²) in [7, 11) is 0. The zero-order valence-electron chi connectivity index (χ0n) is 20.5. The number of hydrogen-bond acceptors (Lipinski definition) is 4. The van der Waals surface area contributed by atoms with Gasteiger partial charge >= 0.3 is 6.03 Å². The van der Waals surface area contributed by atoms with E-state index in [0.717, 1.165) is 32.4 Å². The van der Waals surface area contributed by atoms with Crippen LogP contribution in [0.3, 0.4) is 0 Å². The van der Waals surface area contributed by atoms with Crippen molar-refractivity contribution in [2.45, 2.75) is 20.5 Å². The predicted octanol–water partition coefficient (Wildman–Crippen LogP) is 7.01. The van der Waals surface area contributed by atoms with E-state index in [1.807, 2.05) is 37.3 Å². The van der Waals surface area contributed by atoms with E-state index in [0.29, 0.717) is 21.4 Å². The van der Waals surface area contributed by atoms with Crippen molar-refractivity contribution < 1.29 is 19.1 Å². The molecule has 0 radical (unpaired) electrons. The van der Waals surface area contributed by atoms with Crippen molar-refractivity contribution in [3.63, 3.8) is 0 Å². The molecule has 1 N–H and O–H groups in total. The molecule has 1 aliphatic heterocycles. The van der Waals surface area contributed by atoms with Crippen molar-refractivity contribution in [3.8, 4) is 5.75 Å². The van der Waals surface area contributed by atoms with E-state index in [-0.39, 0.29) is 17.9 Å². The molecule has 1 fully saturated rings. The molecule has 0 atom stereocenters. The maximum atomic E-state index is 13.4. The first kappa shape index (κ1) is 25.5. The summed E-state index contributed by atoms with van der Waals surface area (Å²) in [6, 6.07) is 21.0. The lowest BCUT2D eigenvalue weighted by Gasteiger charge is -2.26. The number of anilines is 1. The summed E-state index contributed by atoms with van der Waals surface area (Å²) in [5.41, 5.74) is 3.31. The molecule has 0 aliphatic carbocycles. The number of ether oxygens (including phenoxy) is 1. The van der Waals surface area contributed by atoms with Gasteiger partial charge in [-0.1, -0.05) is 65.7 Å². The van der Waals surface area contributed by atoms with Crippen LogP contribution in [0.1, 0.15) is 22.3 Å². The third kappa shape index (κ3) is 4.88. The van der Waals surface area contributed by atoms with E-state index in [1.165, 1.54) is 12.1 Å². The largest absolute Gasteiger partial charge is 0.488 e. The molecule has 0 unspecified atom stereocenters. The van der Waals surface area contributed by atoms with Gasteiger partial charge in [0, 0.05) is 21.2 Å². The molecule has 8 heteroatoms. The fourth-order valence-corrected chi connectivity index (χ4v) is 4.67. The summed E-state index contributed by atoms with van der Waals surface area (Å²) in [4.78, 5) is 39.6. The Morgan fingerprint density at radius 1 is 0.895 bits per heavy atom. The topological polar surface area (TPSA) is 75.7 Å². The zero-order valence-corrected chi connectivity index (χ0v) is 22.1. The molecule has 5 rings (SSSR count). The van der Waals surface area contributed by atoms with Crippen LogP contribution in [0.5, 0.6) is 5.75 Å². The van der Waals surface area contributed by atoms with Crippen LogP contribution in [-0.2, 0) is 16.2 Å². The third-order valence-corrected chi connectivity index (χ3v) is 7.08. The van der Waals surface area contributed by atoms with Crippen LogP contribution in [0.4, 0.5) is 10.5 Å². The Labute approximate surface area is 229 Å². The van der Waals surface area contributed by atoms with Crippen LogP contribution in [0.25, 0.3) is 16.8 Å². The van der Waals surface area contributed by atoms with E-state index in [1.54, 1.807) is 37.3 Å². The highest BCUT2D eigenvalue weighted by Crippen LogP contribution is 2.31. The Balaban J connectivity index is 1.50. The normalized spacial score (nSPS) is 14.8. The van der Waals surface area contributed by atoms with Gasteiger partial charge in [0.2, 0.25) is 0 Å². The number of amides is 4. The minimum atomic E-state index is -0.855. The minimum absolute atomic E-state index is 0.241. The molecule has 4 aromatic rings. The number of carbonyl (C=O) groups excluding carboxylic acids is 3. The molecule has 1 saturated heterocycles. The molecule has 4 aromatic carbocycles. The number of benzene rings is 4. The molecule has 4 amide bonds. The van der Waals surface area contributed by atoms with Crippen LogP contribution in [0, 0.1) is 13.8 Å². The Morgan fingerprint density at radius 3 is 2.45 bits per heavy atom. The molecule has 0 aromatic heterocycles. The maximum absolute atomic E-state index is 13.4.